The molecular formula is C24H15F3N2O2. The number of halogens is 3. The summed E-state index contributed by atoms with van der Waals surface area (Å²) in [5.41, 5.74) is 0.562. The van der Waals surface area contributed by atoms with Crippen LogP contribution in [0.2, 0.25) is 0 Å². The Morgan fingerprint density at radius 2 is 1.68 bits per heavy atom. The molecule has 4 rings (SSSR count). The third-order valence-corrected chi connectivity index (χ3v) is 4.70. The standard InChI is InChI=1S/C24H15F3N2O2/c1-13-7-16-8-14(5-6-20(16)28-12-13)23(30)19-10-18(26)11-21(22(19)27)29-24(31)15-3-2-4-17(25)9-15/h2-12H,1H3,(H,29,31). The molecule has 0 aliphatic carbocycles. The molecule has 0 unspecified atom stereocenters. The Hall–Kier alpha value is -4.00. The van der Waals surface area contributed by atoms with Crippen LogP contribution in [0.5, 0.6) is 0 Å². The number of nitrogens with one attached hydrogen (secondary N) is 1. The largest absolute Gasteiger partial charge is 0.319 e. The first-order valence-electron chi connectivity index (χ1n) is 9.29. The van der Waals surface area contributed by atoms with Crippen LogP contribution >= 0.6 is 0 Å². The molecule has 154 valence electrons. The van der Waals surface area contributed by atoms with Gasteiger partial charge in [-0.1, -0.05) is 6.07 Å². The summed E-state index contributed by atoms with van der Waals surface area (Å²) < 4.78 is 42.5. The van der Waals surface area contributed by atoms with Gasteiger partial charge in [0.05, 0.1) is 16.8 Å². The summed E-state index contributed by atoms with van der Waals surface area (Å²) in [5.74, 6) is -4.23. The number of pyridine rings is 1. The molecule has 0 aliphatic heterocycles. The minimum Gasteiger partial charge on any atom is -0.319 e. The normalized spacial score (nSPS) is 10.8. The number of carbonyl (C=O) groups excluding carboxylic acids is 2. The van der Waals surface area contributed by atoms with E-state index in [0.29, 0.717) is 10.9 Å². The van der Waals surface area contributed by atoms with Crippen LogP contribution in [-0.4, -0.2) is 16.7 Å². The van der Waals surface area contributed by atoms with E-state index in [0.717, 1.165) is 29.8 Å². The second-order valence-electron chi connectivity index (χ2n) is 7.03. The predicted octanol–water partition coefficient (Wildman–Crippen LogP) is 5.44. The van der Waals surface area contributed by atoms with Crippen molar-refractivity contribution < 1.29 is 22.8 Å². The van der Waals surface area contributed by atoms with Crippen molar-refractivity contribution in [3.8, 4) is 0 Å². The fourth-order valence-electron chi connectivity index (χ4n) is 3.21. The first kappa shape index (κ1) is 20.3. The number of hydrogen-bond donors (Lipinski definition) is 1. The first-order chi connectivity index (χ1) is 14.8. The maximum atomic E-state index is 15.0. The van der Waals surface area contributed by atoms with Crippen LogP contribution in [0.4, 0.5) is 18.9 Å². The lowest BCUT2D eigenvalue weighted by Gasteiger charge is -2.11. The molecule has 0 bridgehead atoms. The van der Waals surface area contributed by atoms with Gasteiger partial charge in [-0.15, -0.1) is 0 Å². The van der Waals surface area contributed by atoms with Crippen molar-refractivity contribution in [2.45, 2.75) is 6.92 Å². The van der Waals surface area contributed by atoms with Gasteiger partial charge in [-0.2, -0.15) is 0 Å². The van der Waals surface area contributed by atoms with E-state index in [4.69, 9.17) is 0 Å². The van der Waals surface area contributed by atoms with E-state index in [1.807, 2.05) is 13.0 Å². The van der Waals surface area contributed by atoms with Gasteiger partial charge >= 0.3 is 0 Å². The molecule has 1 aromatic heterocycles. The number of ketones is 1. The van der Waals surface area contributed by atoms with Crippen LogP contribution in [0.3, 0.4) is 0 Å². The van der Waals surface area contributed by atoms with E-state index in [1.165, 1.54) is 18.2 Å². The van der Waals surface area contributed by atoms with Crippen molar-refractivity contribution in [2.75, 3.05) is 5.32 Å². The fraction of sp³-hybridized carbons (Fsp3) is 0.0417. The maximum absolute atomic E-state index is 15.0. The zero-order chi connectivity index (χ0) is 22.1. The number of aryl methyl sites for hydroxylation is 1. The van der Waals surface area contributed by atoms with Crippen molar-refractivity contribution in [1.82, 2.24) is 4.98 Å². The van der Waals surface area contributed by atoms with Gasteiger partial charge in [-0.25, -0.2) is 13.2 Å². The van der Waals surface area contributed by atoms with E-state index in [-0.39, 0.29) is 11.1 Å². The Morgan fingerprint density at radius 3 is 2.45 bits per heavy atom. The van der Waals surface area contributed by atoms with E-state index < -0.39 is 40.4 Å². The molecule has 7 heteroatoms. The highest BCUT2D eigenvalue weighted by atomic mass is 19.1. The monoisotopic (exact) mass is 420 g/mol. The lowest BCUT2D eigenvalue weighted by Crippen LogP contribution is -2.15. The number of rotatable bonds is 4. The van der Waals surface area contributed by atoms with Gasteiger partial charge < -0.3 is 5.32 Å². The highest BCUT2D eigenvalue weighted by molar-refractivity contribution is 6.12. The summed E-state index contributed by atoms with van der Waals surface area (Å²) in [7, 11) is 0. The third-order valence-electron chi connectivity index (χ3n) is 4.70. The number of benzene rings is 3. The molecule has 4 aromatic rings. The van der Waals surface area contributed by atoms with Crippen LogP contribution in [0.25, 0.3) is 10.9 Å². The van der Waals surface area contributed by atoms with Gasteiger partial charge in [0.1, 0.15) is 11.6 Å². The van der Waals surface area contributed by atoms with Gasteiger partial charge in [0.15, 0.2) is 11.6 Å². The summed E-state index contributed by atoms with van der Waals surface area (Å²) in [4.78, 5) is 29.5. The van der Waals surface area contributed by atoms with Gasteiger partial charge in [0.25, 0.3) is 5.91 Å². The van der Waals surface area contributed by atoms with Crippen molar-refractivity contribution in [1.29, 1.82) is 0 Å². The van der Waals surface area contributed by atoms with Crippen molar-refractivity contribution >= 4 is 28.3 Å². The summed E-state index contributed by atoms with van der Waals surface area (Å²) >= 11 is 0. The number of anilines is 1. The summed E-state index contributed by atoms with van der Waals surface area (Å²) in [6.07, 6.45) is 1.68. The Bertz CT molecular complexity index is 1350. The van der Waals surface area contributed by atoms with Crippen molar-refractivity contribution in [3.05, 3.63) is 107 Å². The smallest absolute Gasteiger partial charge is 0.255 e. The van der Waals surface area contributed by atoms with E-state index in [9.17, 15) is 18.4 Å². The molecule has 1 heterocycles. The highest BCUT2D eigenvalue weighted by Crippen LogP contribution is 2.25. The molecule has 1 N–H and O–H groups in total. The van der Waals surface area contributed by atoms with E-state index in [1.54, 1.807) is 18.3 Å². The van der Waals surface area contributed by atoms with Crippen LogP contribution in [-0.2, 0) is 0 Å². The van der Waals surface area contributed by atoms with E-state index >= 15 is 4.39 Å². The zero-order valence-electron chi connectivity index (χ0n) is 16.2. The molecule has 31 heavy (non-hydrogen) atoms. The Kier molecular flexibility index (Phi) is 5.25. The number of fused-ring (bicyclic) bond motifs is 1. The number of hydrogen-bond acceptors (Lipinski definition) is 3. The quantitative estimate of drug-likeness (QED) is 0.447. The Balaban J connectivity index is 1.70. The first-order valence-corrected chi connectivity index (χ1v) is 9.29. The molecule has 1 amide bonds. The van der Waals surface area contributed by atoms with Crippen molar-refractivity contribution in [2.24, 2.45) is 0 Å². The molecule has 0 saturated heterocycles. The molecule has 0 spiro atoms. The third kappa shape index (κ3) is 4.16. The molecule has 0 fully saturated rings. The molecule has 0 aliphatic rings. The molecule has 3 aromatic carbocycles. The number of aromatic nitrogens is 1. The van der Waals surface area contributed by atoms with Crippen LogP contribution in [0.1, 0.15) is 31.8 Å². The van der Waals surface area contributed by atoms with Crippen molar-refractivity contribution in [3.63, 3.8) is 0 Å². The molecule has 0 radical (unpaired) electrons. The SMILES string of the molecule is Cc1cnc2ccc(C(=O)c3cc(F)cc(NC(=O)c4cccc(F)c4)c3F)cc2c1. The molecule has 4 nitrogen and oxygen atoms in total. The second kappa shape index (κ2) is 8.02. The van der Waals surface area contributed by atoms with E-state index in [2.05, 4.69) is 10.3 Å². The molecular weight excluding hydrogens is 405 g/mol. The Labute approximate surface area is 175 Å². The summed E-state index contributed by atoms with van der Waals surface area (Å²) in [5, 5.41) is 2.88. The van der Waals surface area contributed by atoms with Crippen LogP contribution in [0.15, 0.2) is 66.9 Å². The molecule has 0 atom stereocenters. The summed E-state index contributed by atoms with van der Waals surface area (Å²) in [6, 6.07) is 12.8. The topological polar surface area (TPSA) is 59.1 Å². The maximum Gasteiger partial charge on any atom is 0.255 e. The number of amides is 1. The molecule has 0 saturated carbocycles. The minimum absolute atomic E-state index is 0.0751. The van der Waals surface area contributed by atoms with Gasteiger partial charge in [-0.05, 0) is 61.0 Å². The average Bonchev–Trinajstić information content (AvgIpc) is 2.75. The minimum atomic E-state index is -1.08. The van der Waals surface area contributed by atoms with Gasteiger partial charge in [0, 0.05) is 28.8 Å². The lowest BCUT2D eigenvalue weighted by atomic mass is 9.99. The van der Waals surface area contributed by atoms with Gasteiger partial charge in [0.2, 0.25) is 0 Å². The average molecular weight is 420 g/mol. The predicted molar refractivity (Wildman–Crippen MR) is 111 cm³/mol. The van der Waals surface area contributed by atoms with Crippen LogP contribution in [0, 0.1) is 24.4 Å². The lowest BCUT2D eigenvalue weighted by molar-refractivity contribution is 0.101. The zero-order valence-corrected chi connectivity index (χ0v) is 16.2. The highest BCUT2D eigenvalue weighted by Gasteiger charge is 2.21. The fourth-order valence-corrected chi connectivity index (χ4v) is 3.21. The number of nitrogens with zero attached hydrogens (tertiary/aromatic N) is 1. The van der Waals surface area contributed by atoms with Gasteiger partial charge in [-0.3, -0.25) is 14.6 Å². The number of carbonyl (C=O) groups is 2. The summed E-state index contributed by atoms with van der Waals surface area (Å²) in [6.45, 7) is 1.85. The second-order valence-corrected chi connectivity index (χ2v) is 7.03. The van der Waals surface area contributed by atoms with Crippen LogP contribution < -0.4 is 5.32 Å². The Morgan fingerprint density at radius 1 is 0.871 bits per heavy atom.